The van der Waals surface area contributed by atoms with Crippen molar-refractivity contribution in [1.82, 2.24) is 9.78 Å². The fourth-order valence-electron chi connectivity index (χ4n) is 1.85. The van der Waals surface area contributed by atoms with Crippen molar-refractivity contribution in [2.75, 3.05) is 0 Å². The first-order chi connectivity index (χ1) is 11.9. The van der Waals surface area contributed by atoms with Crippen molar-refractivity contribution < 1.29 is 17.9 Å². The molecule has 1 aromatic carbocycles. The molecule has 9 heteroatoms. The smallest absolute Gasteiger partial charge is 0.323 e. The van der Waals surface area contributed by atoms with Gasteiger partial charge >= 0.3 is 5.97 Å². The molecule has 1 aromatic heterocycles. The fourth-order valence-corrected chi connectivity index (χ4v) is 2.55. The lowest BCUT2D eigenvalue weighted by Crippen LogP contribution is -2.38. The van der Waals surface area contributed by atoms with E-state index in [4.69, 9.17) is 21.2 Å². The Kier molecular flexibility index (Phi) is 7.80. The van der Waals surface area contributed by atoms with Crippen LogP contribution >= 0.6 is 10.7 Å². The molecule has 1 heterocycles. The quantitative estimate of drug-likeness (QED) is 0.622. The molecule has 0 amide bonds. The van der Waals surface area contributed by atoms with Gasteiger partial charge in [0.2, 0.25) is 0 Å². The fraction of sp³-hybridized carbons (Fsp3) is 0.412. The minimum atomic E-state index is -3.64. The van der Waals surface area contributed by atoms with Gasteiger partial charge in [-0.2, -0.15) is 5.10 Å². The number of nitrogens with two attached hydrogens (primary N) is 1. The Labute approximate surface area is 158 Å². The predicted octanol–water partition coefficient (Wildman–Crippen LogP) is 2.25. The maximum atomic E-state index is 11.6. The van der Waals surface area contributed by atoms with Crippen molar-refractivity contribution in [2.45, 2.75) is 43.9 Å². The Morgan fingerprint density at radius 3 is 2.23 bits per heavy atom. The van der Waals surface area contributed by atoms with E-state index in [2.05, 4.69) is 5.10 Å². The number of rotatable bonds is 4. The average molecular weight is 402 g/mol. The molecule has 0 aliphatic heterocycles. The third kappa shape index (κ3) is 8.46. The number of carbonyl (C=O) groups is 1. The molecule has 26 heavy (non-hydrogen) atoms. The van der Waals surface area contributed by atoms with Gasteiger partial charge in [-0.05, 0) is 38.8 Å². The lowest BCUT2D eigenvalue weighted by atomic mass is 10.1. The van der Waals surface area contributed by atoms with Gasteiger partial charge in [-0.25, -0.2) is 8.42 Å². The molecule has 0 bridgehead atoms. The van der Waals surface area contributed by atoms with Crippen LogP contribution in [0.3, 0.4) is 0 Å². The van der Waals surface area contributed by atoms with Crippen LogP contribution in [0.2, 0.25) is 0 Å². The van der Waals surface area contributed by atoms with Crippen LogP contribution in [0.5, 0.6) is 0 Å². The van der Waals surface area contributed by atoms with Gasteiger partial charge in [0, 0.05) is 23.9 Å². The average Bonchev–Trinajstić information content (AvgIpc) is 2.94. The second kappa shape index (κ2) is 9.16. The summed E-state index contributed by atoms with van der Waals surface area (Å²) in [5.74, 6) is -0.351. The molecule has 0 spiro atoms. The number of aryl methyl sites for hydroxylation is 1. The van der Waals surface area contributed by atoms with Crippen molar-refractivity contribution in [3.8, 4) is 0 Å². The summed E-state index contributed by atoms with van der Waals surface area (Å²) in [7, 11) is 2.94. The standard InChI is InChI=1S/C13H19NO2.C4H5ClN2O2S/c1-13(2,3)16-12(15)11(14)9-10-7-5-4-6-8-10;1-7-3-2-4(6-7)10(5,8)9/h4-8,11H,9,14H2,1-3H3;2-3H,1H3/t11-;/m0./s1. The van der Waals surface area contributed by atoms with Crippen molar-refractivity contribution in [3.63, 3.8) is 0 Å². The molecule has 0 aliphatic rings. The van der Waals surface area contributed by atoms with E-state index in [9.17, 15) is 13.2 Å². The molecule has 0 fully saturated rings. The molecular formula is C17H24ClN3O4S. The molecule has 1 atom stereocenters. The molecule has 0 radical (unpaired) electrons. The number of hydrogen-bond donors (Lipinski definition) is 1. The number of carbonyl (C=O) groups excluding carboxylic acids is 1. The van der Waals surface area contributed by atoms with E-state index < -0.39 is 20.7 Å². The second-order valence-corrected chi connectivity index (χ2v) is 9.11. The molecule has 2 N–H and O–H groups in total. The number of halogens is 1. The first kappa shape index (κ1) is 22.1. The molecule has 2 aromatic rings. The van der Waals surface area contributed by atoms with Gasteiger partial charge in [0.1, 0.15) is 11.6 Å². The normalized spacial score (nSPS) is 12.7. The Hall–Kier alpha value is -1.90. The van der Waals surface area contributed by atoms with E-state index in [1.54, 1.807) is 7.05 Å². The number of benzene rings is 1. The predicted molar refractivity (Wildman–Crippen MR) is 100 cm³/mol. The van der Waals surface area contributed by atoms with E-state index in [1.807, 2.05) is 51.1 Å². The van der Waals surface area contributed by atoms with Crippen molar-refractivity contribution in [1.29, 1.82) is 0 Å². The Balaban J connectivity index is 0.000000289. The van der Waals surface area contributed by atoms with Crippen LogP contribution in [0.15, 0.2) is 47.6 Å². The number of nitrogens with zero attached hydrogens (tertiary/aromatic N) is 2. The summed E-state index contributed by atoms with van der Waals surface area (Å²) < 4.78 is 27.6. The highest BCUT2D eigenvalue weighted by Gasteiger charge is 2.22. The molecule has 0 saturated heterocycles. The Morgan fingerprint density at radius 2 is 1.85 bits per heavy atom. The lowest BCUT2D eigenvalue weighted by Gasteiger charge is -2.22. The van der Waals surface area contributed by atoms with Gasteiger partial charge < -0.3 is 10.5 Å². The van der Waals surface area contributed by atoms with E-state index in [0.717, 1.165) is 5.56 Å². The van der Waals surface area contributed by atoms with Gasteiger partial charge in [0.25, 0.3) is 9.05 Å². The van der Waals surface area contributed by atoms with Crippen molar-refractivity contribution in [2.24, 2.45) is 12.8 Å². The maximum absolute atomic E-state index is 11.6. The molecule has 0 unspecified atom stereocenters. The zero-order valence-corrected chi connectivity index (χ0v) is 16.8. The second-order valence-electron chi connectivity index (χ2n) is 6.60. The molecule has 0 saturated carbocycles. The van der Waals surface area contributed by atoms with Crippen LogP contribution < -0.4 is 5.73 Å². The van der Waals surface area contributed by atoms with E-state index in [-0.39, 0.29) is 11.0 Å². The summed E-state index contributed by atoms with van der Waals surface area (Å²) in [6.07, 6.45) is 2.02. The van der Waals surface area contributed by atoms with Crippen LogP contribution in [-0.4, -0.2) is 35.8 Å². The summed E-state index contributed by atoms with van der Waals surface area (Å²) >= 11 is 0. The number of esters is 1. The van der Waals surface area contributed by atoms with Gasteiger partial charge in [0.15, 0.2) is 5.03 Å². The van der Waals surface area contributed by atoms with Gasteiger partial charge in [-0.3, -0.25) is 9.48 Å². The summed E-state index contributed by atoms with van der Waals surface area (Å²) in [6, 6.07) is 10.4. The number of ether oxygens (including phenoxy) is 1. The number of aromatic nitrogens is 2. The zero-order chi connectivity index (χ0) is 20.0. The van der Waals surface area contributed by atoms with Crippen LogP contribution in [-0.2, 0) is 32.1 Å². The number of hydrogen-bond acceptors (Lipinski definition) is 6. The maximum Gasteiger partial charge on any atom is 0.323 e. The third-order valence-corrected chi connectivity index (χ3v) is 4.14. The third-order valence-electron chi connectivity index (χ3n) is 2.95. The van der Waals surface area contributed by atoms with Gasteiger partial charge in [-0.15, -0.1) is 0 Å². The van der Waals surface area contributed by atoms with E-state index >= 15 is 0 Å². The van der Waals surface area contributed by atoms with Crippen LogP contribution in [0, 0.1) is 0 Å². The molecule has 7 nitrogen and oxygen atoms in total. The Morgan fingerprint density at radius 1 is 1.27 bits per heavy atom. The SMILES string of the molecule is CC(C)(C)OC(=O)[C@@H](N)Cc1ccccc1.Cn1ccc(S(=O)(=O)Cl)n1. The first-order valence-electron chi connectivity index (χ1n) is 7.85. The molecular weight excluding hydrogens is 378 g/mol. The highest BCUT2D eigenvalue weighted by molar-refractivity contribution is 8.13. The van der Waals surface area contributed by atoms with Gasteiger partial charge in [-0.1, -0.05) is 30.3 Å². The van der Waals surface area contributed by atoms with Crippen LogP contribution in [0.25, 0.3) is 0 Å². The molecule has 0 aliphatic carbocycles. The Bertz CT molecular complexity index is 814. The summed E-state index contributed by atoms with van der Waals surface area (Å²) in [4.78, 5) is 11.6. The monoisotopic (exact) mass is 401 g/mol. The first-order valence-corrected chi connectivity index (χ1v) is 10.2. The van der Waals surface area contributed by atoms with Crippen molar-refractivity contribution in [3.05, 3.63) is 48.2 Å². The summed E-state index contributed by atoms with van der Waals surface area (Å²) in [5.41, 5.74) is 6.34. The molecule has 144 valence electrons. The lowest BCUT2D eigenvalue weighted by molar-refractivity contribution is -0.156. The van der Waals surface area contributed by atoms with Crippen LogP contribution in [0.4, 0.5) is 0 Å². The molecule has 2 rings (SSSR count). The zero-order valence-electron chi connectivity index (χ0n) is 15.2. The van der Waals surface area contributed by atoms with Crippen LogP contribution in [0.1, 0.15) is 26.3 Å². The highest BCUT2D eigenvalue weighted by atomic mass is 35.7. The largest absolute Gasteiger partial charge is 0.459 e. The highest BCUT2D eigenvalue weighted by Crippen LogP contribution is 2.10. The van der Waals surface area contributed by atoms with Crippen molar-refractivity contribution >= 4 is 25.7 Å². The minimum absolute atomic E-state index is 0.114. The topological polar surface area (TPSA) is 104 Å². The van der Waals surface area contributed by atoms with Gasteiger partial charge in [0.05, 0.1) is 0 Å². The summed E-state index contributed by atoms with van der Waals surface area (Å²) in [6.45, 7) is 5.50. The minimum Gasteiger partial charge on any atom is -0.459 e. The summed E-state index contributed by atoms with van der Waals surface area (Å²) in [5, 5.41) is 3.46. The van der Waals surface area contributed by atoms with E-state index in [1.165, 1.54) is 16.9 Å². The van der Waals surface area contributed by atoms with E-state index in [0.29, 0.717) is 6.42 Å².